The van der Waals surface area contributed by atoms with E-state index in [1.165, 1.54) is 11.8 Å². The molecule has 0 atom stereocenters. The highest BCUT2D eigenvalue weighted by molar-refractivity contribution is 7.90. The van der Waals surface area contributed by atoms with Crippen LogP contribution in [0.25, 0.3) is 0 Å². The smallest absolute Gasteiger partial charge is 0.199 e. The molecule has 0 amide bonds. The van der Waals surface area contributed by atoms with Gasteiger partial charge >= 0.3 is 0 Å². The lowest BCUT2D eigenvalue weighted by atomic mass is 9.89. The summed E-state index contributed by atoms with van der Waals surface area (Å²) >= 11 is 0. The van der Waals surface area contributed by atoms with E-state index in [-0.39, 0.29) is 11.8 Å². The highest BCUT2D eigenvalue weighted by atomic mass is 32.2. The summed E-state index contributed by atoms with van der Waals surface area (Å²) in [6, 6.07) is 13.4. The lowest BCUT2D eigenvalue weighted by Gasteiger charge is -2.21. The summed E-state index contributed by atoms with van der Waals surface area (Å²) in [6.07, 6.45) is 1.43. The summed E-state index contributed by atoms with van der Waals surface area (Å²) < 4.78 is 30.3. The molecule has 0 radical (unpaired) electrons. The van der Waals surface area contributed by atoms with E-state index >= 15 is 0 Å². The van der Waals surface area contributed by atoms with Crippen LogP contribution in [0.3, 0.4) is 0 Å². The van der Waals surface area contributed by atoms with Gasteiger partial charge in [0, 0.05) is 6.21 Å². The average molecular weight is 372 g/mol. The Labute approximate surface area is 158 Å². The van der Waals surface area contributed by atoms with Crippen molar-refractivity contribution in [2.45, 2.75) is 64.2 Å². The van der Waals surface area contributed by atoms with Crippen molar-refractivity contribution in [3.63, 3.8) is 0 Å². The summed E-state index contributed by atoms with van der Waals surface area (Å²) in [5, 5.41) is 0. The molecule has 2 aromatic carbocycles. The fourth-order valence-electron chi connectivity index (χ4n) is 2.91. The maximum atomic E-state index is 13.1. The van der Waals surface area contributed by atoms with Crippen LogP contribution in [0.5, 0.6) is 0 Å². The van der Waals surface area contributed by atoms with E-state index in [2.05, 4.69) is 18.2 Å². The Morgan fingerprint density at radius 1 is 0.808 bits per heavy atom. The van der Waals surface area contributed by atoms with Crippen LogP contribution in [-0.2, 0) is 10.0 Å². The molecule has 0 aliphatic heterocycles. The van der Waals surface area contributed by atoms with Gasteiger partial charge in [0.25, 0.3) is 10.0 Å². The molecule has 0 saturated heterocycles. The topological polar surface area (TPSA) is 46.5 Å². The monoisotopic (exact) mass is 371 g/mol. The van der Waals surface area contributed by atoms with E-state index in [1.807, 2.05) is 70.2 Å². The van der Waals surface area contributed by atoms with Gasteiger partial charge in [-0.2, -0.15) is 12.8 Å². The van der Waals surface area contributed by atoms with Gasteiger partial charge < -0.3 is 0 Å². The van der Waals surface area contributed by atoms with Gasteiger partial charge in [-0.25, -0.2) is 0 Å². The molecule has 3 nitrogen and oxygen atoms in total. The SMILES string of the molecule is CC(C)c1cc(C(C)C)c(S(=O)(=O)/N=C/c2ccccc2)c(C(C)C)c1. The minimum Gasteiger partial charge on any atom is -0.199 e. The highest BCUT2D eigenvalue weighted by Crippen LogP contribution is 2.35. The van der Waals surface area contributed by atoms with E-state index in [0.29, 0.717) is 10.8 Å². The van der Waals surface area contributed by atoms with Crippen LogP contribution < -0.4 is 0 Å². The van der Waals surface area contributed by atoms with Crippen LogP contribution in [0, 0.1) is 0 Å². The van der Waals surface area contributed by atoms with E-state index in [4.69, 9.17) is 0 Å². The number of nitrogens with zero attached hydrogens (tertiary/aromatic N) is 1. The minimum atomic E-state index is -3.78. The summed E-state index contributed by atoms with van der Waals surface area (Å²) in [5.74, 6) is 0.542. The second-order valence-electron chi connectivity index (χ2n) is 7.61. The van der Waals surface area contributed by atoms with E-state index in [9.17, 15) is 8.42 Å². The third-order valence-electron chi connectivity index (χ3n) is 4.48. The van der Waals surface area contributed by atoms with E-state index in [1.54, 1.807) is 0 Å². The number of benzene rings is 2. The molecule has 0 fully saturated rings. The molecular formula is C22H29NO2S. The summed E-state index contributed by atoms with van der Waals surface area (Å²) in [4.78, 5) is 0.374. The summed E-state index contributed by atoms with van der Waals surface area (Å²) in [6.45, 7) is 12.4. The molecule has 0 N–H and O–H groups in total. The Hall–Kier alpha value is -1.94. The quantitative estimate of drug-likeness (QED) is 0.597. The molecule has 0 spiro atoms. The first-order valence-electron chi connectivity index (χ1n) is 9.16. The molecule has 2 aromatic rings. The second kappa shape index (κ2) is 8.17. The van der Waals surface area contributed by atoms with Gasteiger partial charge in [-0.05, 0) is 40.0 Å². The first kappa shape index (κ1) is 20.4. The van der Waals surface area contributed by atoms with Crippen molar-refractivity contribution in [1.29, 1.82) is 0 Å². The molecule has 4 heteroatoms. The number of sulfonamides is 1. The molecule has 0 aliphatic carbocycles. The van der Waals surface area contributed by atoms with Crippen molar-refractivity contribution in [3.8, 4) is 0 Å². The first-order valence-corrected chi connectivity index (χ1v) is 10.6. The molecule has 0 heterocycles. The third kappa shape index (κ3) is 4.61. The summed E-state index contributed by atoms with van der Waals surface area (Å²) in [7, 11) is -3.78. The largest absolute Gasteiger partial charge is 0.282 e. The normalized spacial score (nSPS) is 12.7. The molecule has 140 valence electrons. The molecule has 2 rings (SSSR count). The average Bonchev–Trinajstić information content (AvgIpc) is 2.59. The van der Waals surface area contributed by atoms with Gasteiger partial charge in [-0.3, -0.25) is 0 Å². The Kier molecular flexibility index (Phi) is 6.40. The standard InChI is InChI=1S/C22H29NO2S/c1-15(2)19-12-20(16(3)4)22(21(13-19)17(5)6)26(24,25)23-14-18-10-8-7-9-11-18/h7-17H,1-6H3/b23-14+. The predicted molar refractivity (Wildman–Crippen MR) is 110 cm³/mol. The maximum absolute atomic E-state index is 13.1. The Morgan fingerprint density at radius 2 is 1.31 bits per heavy atom. The molecular weight excluding hydrogens is 342 g/mol. The van der Waals surface area contributed by atoms with Gasteiger partial charge in [-0.15, -0.1) is 0 Å². The fourth-order valence-corrected chi connectivity index (χ4v) is 4.46. The minimum absolute atomic E-state index is 0.0999. The van der Waals surface area contributed by atoms with Gasteiger partial charge in [0.05, 0.1) is 4.90 Å². The van der Waals surface area contributed by atoms with Crippen LogP contribution in [-0.4, -0.2) is 14.6 Å². The zero-order chi connectivity index (χ0) is 19.5. The van der Waals surface area contributed by atoms with Crippen molar-refractivity contribution >= 4 is 16.2 Å². The van der Waals surface area contributed by atoms with Crippen molar-refractivity contribution in [1.82, 2.24) is 0 Å². The lowest BCUT2D eigenvalue weighted by molar-refractivity contribution is 0.592. The van der Waals surface area contributed by atoms with Gasteiger partial charge in [0.1, 0.15) is 0 Å². The van der Waals surface area contributed by atoms with Crippen LogP contribution in [0.4, 0.5) is 0 Å². The molecule has 0 aromatic heterocycles. The molecule has 0 bridgehead atoms. The Morgan fingerprint density at radius 3 is 1.73 bits per heavy atom. The van der Waals surface area contributed by atoms with Crippen molar-refractivity contribution in [3.05, 3.63) is 64.7 Å². The third-order valence-corrected chi connectivity index (χ3v) is 5.85. The van der Waals surface area contributed by atoms with Crippen LogP contribution >= 0.6 is 0 Å². The number of rotatable bonds is 6. The fraction of sp³-hybridized carbons (Fsp3) is 0.409. The zero-order valence-corrected chi connectivity index (χ0v) is 17.3. The zero-order valence-electron chi connectivity index (χ0n) is 16.5. The second-order valence-corrected chi connectivity index (χ2v) is 9.18. The Bertz CT molecular complexity index is 851. The van der Waals surface area contributed by atoms with Gasteiger partial charge in [0.2, 0.25) is 0 Å². The number of hydrogen-bond acceptors (Lipinski definition) is 2. The van der Waals surface area contributed by atoms with E-state index in [0.717, 1.165) is 16.7 Å². The van der Waals surface area contributed by atoms with Crippen LogP contribution in [0.2, 0.25) is 0 Å². The van der Waals surface area contributed by atoms with Crippen molar-refractivity contribution < 1.29 is 8.42 Å². The molecule has 0 aliphatic rings. The molecule has 0 unspecified atom stereocenters. The lowest BCUT2D eigenvalue weighted by Crippen LogP contribution is -2.11. The predicted octanol–water partition coefficient (Wildman–Crippen LogP) is 5.86. The van der Waals surface area contributed by atoms with Gasteiger partial charge in [-0.1, -0.05) is 84.0 Å². The van der Waals surface area contributed by atoms with Crippen molar-refractivity contribution in [2.75, 3.05) is 0 Å². The summed E-state index contributed by atoms with van der Waals surface area (Å²) in [5.41, 5.74) is 3.64. The maximum Gasteiger partial charge on any atom is 0.282 e. The number of hydrogen-bond donors (Lipinski definition) is 0. The highest BCUT2D eigenvalue weighted by Gasteiger charge is 2.26. The molecule has 26 heavy (non-hydrogen) atoms. The molecule has 0 saturated carbocycles. The van der Waals surface area contributed by atoms with Crippen molar-refractivity contribution in [2.24, 2.45) is 4.40 Å². The van der Waals surface area contributed by atoms with Crippen LogP contribution in [0.15, 0.2) is 51.8 Å². The first-order chi connectivity index (χ1) is 12.1. The van der Waals surface area contributed by atoms with Gasteiger partial charge in [0.15, 0.2) is 0 Å². The Balaban J connectivity index is 2.67. The van der Waals surface area contributed by atoms with Crippen LogP contribution in [0.1, 0.15) is 81.5 Å². The van der Waals surface area contributed by atoms with E-state index < -0.39 is 10.0 Å².